The molecule has 0 unspecified atom stereocenters. The first-order valence-electron chi connectivity index (χ1n) is 5.42. The van der Waals surface area contributed by atoms with Gasteiger partial charge in [0.15, 0.2) is 0 Å². The van der Waals surface area contributed by atoms with E-state index in [1.165, 1.54) is 0 Å². The molecule has 1 aromatic heterocycles. The second kappa shape index (κ2) is 4.75. The van der Waals surface area contributed by atoms with E-state index in [9.17, 15) is 4.79 Å². The number of amides is 1. The van der Waals surface area contributed by atoms with Crippen molar-refractivity contribution >= 4 is 29.9 Å². The van der Waals surface area contributed by atoms with Crippen LogP contribution in [0.25, 0.3) is 0 Å². The van der Waals surface area contributed by atoms with E-state index in [2.05, 4.69) is 22.9 Å². The Morgan fingerprint density at radius 3 is 2.94 bits per heavy atom. The second-order valence-corrected chi connectivity index (χ2v) is 6.09. The minimum absolute atomic E-state index is 0.137. The third-order valence-corrected chi connectivity index (χ3v) is 4.54. The Bertz CT molecular complexity index is 385. The summed E-state index contributed by atoms with van der Waals surface area (Å²) in [6.45, 7) is 2.57. The van der Waals surface area contributed by atoms with E-state index in [0.717, 1.165) is 28.5 Å². The van der Waals surface area contributed by atoms with Gasteiger partial charge in [0.25, 0.3) is 0 Å². The zero-order chi connectivity index (χ0) is 11.6. The van der Waals surface area contributed by atoms with Crippen LogP contribution in [0, 0.1) is 12.3 Å². The smallest absolute Gasteiger partial charge is 0.220 e. The van der Waals surface area contributed by atoms with E-state index in [4.69, 9.17) is 0 Å². The topological polar surface area (TPSA) is 42.0 Å². The molecule has 0 saturated heterocycles. The number of aryl methyl sites for hydroxylation is 1. The van der Waals surface area contributed by atoms with Gasteiger partial charge in [-0.3, -0.25) is 4.79 Å². The molecule has 1 aliphatic rings. The summed E-state index contributed by atoms with van der Waals surface area (Å²) in [6.07, 6.45) is 4.73. The van der Waals surface area contributed by atoms with Crippen LogP contribution in [0.2, 0.25) is 0 Å². The number of rotatable bonds is 5. The predicted molar refractivity (Wildman–Crippen MR) is 68.8 cm³/mol. The Morgan fingerprint density at radius 1 is 1.69 bits per heavy atom. The Hall–Kier alpha value is -0.550. The summed E-state index contributed by atoms with van der Waals surface area (Å²) in [6, 6.07) is 0. The number of aromatic nitrogens is 1. The Morgan fingerprint density at radius 2 is 2.44 bits per heavy atom. The zero-order valence-electron chi connectivity index (χ0n) is 9.32. The maximum Gasteiger partial charge on any atom is 0.220 e. The van der Waals surface area contributed by atoms with Gasteiger partial charge in [-0.15, -0.1) is 11.3 Å². The van der Waals surface area contributed by atoms with E-state index in [1.807, 2.05) is 13.1 Å². The molecule has 0 aliphatic heterocycles. The molecule has 3 nitrogen and oxygen atoms in total. The van der Waals surface area contributed by atoms with Gasteiger partial charge in [-0.1, -0.05) is 0 Å². The number of hydrogen-bond donors (Lipinski definition) is 2. The van der Waals surface area contributed by atoms with Gasteiger partial charge < -0.3 is 5.32 Å². The third kappa shape index (κ3) is 2.98. The van der Waals surface area contributed by atoms with Crippen molar-refractivity contribution in [3.05, 3.63) is 16.1 Å². The van der Waals surface area contributed by atoms with Crippen molar-refractivity contribution in [3.8, 4) is 0 Å². The first kappa shape index (κ1) is 11.9. The van der Waals surface area contributed by atoms with Crippen molar-refractivity contribution in [2.45, 2.75) is 32.7 Å². The summed E-state index contributed by atoms with van der Waals surface area (Å²) in [5, 5.41) is 3.98. The van der Waals surface area contributed by atoms with Crippen molar-refractivity contribution in [3.63, 3.8) is 0 Å². The van der Waals surface area contributed by atoms with Crippen LogP contribution in [0.5, 0.6) is 0 Å². The van der Waals surface area contributed by atoms with E-state index in [1.54, 1.807) is 11.3 Å². The van der Waals surface area contributed by atoms with Gasteiger partial charge in [0.1, 0.15) is 0 Å². The fraction of sp³-hybridized carbons (Fsp3) is 0.636. The minimum Gasteiger partial charge on any atom is -0.351 e. The molecule has 1 N–H and O–H groups in total. The van der Waals surface area contributed by atoms with Gasteiger partial charge in [0.2, 0.25) is 5.91 Å². The molecule has 0 spiro atoms. The highest BCUT2D eigenvalue weighted by atomic mass is 32.1. The molecule has 0 atom stereocenters. The number of carbonyl (C=O) groups is 1. The molecule has 5 heteroatoms. The van der Waals surface area contributed by atoms with Crippen LogP contribution in [-0.2, 0) is 11.3 Å². The molecule has 1 heterocycles. The first-order chi connectivity index (χ1) is 7.63. The monoisotopic (exact) mass is 256 g/mol. The van der Waals surface area contributed by atoms with Gasteiger partial charge >= 0.3 is 0 Å². The average Bonchev–Trinajstić information content (AvgIpc) is 2.91. The molecule has 1 aromatic rings. The molecule has 0 bridgehead atoms. The molecule has 1 aliphatic carbocycles. The van der Waals surface area contributed by atoms with Gasteiger partial charge in [-0.2, -0.15) is 12.6 Å². The normalized spacial score (nSPS) is 17.1. The second-order valence-electron chi connectivity index (χ2n) is 4.46. The maximum absolute atomic E-state index is 11.7. The van der Waals surface area contributed by atoms with Crippen molar-refractivity contribution in [1.29, 1.82) is 0 Å². The molecular formula is C11H16N2OS2. The zero-order valence-corrected chi connectivity index (χ0v) is 11.0. The average molecular weight is 256 g/mol. The Kier molecular flexibility index (Phi) is 3.54. The molecule has 1 saturated carbocycles. The highest BCUT2D eigenvalue weighted by molar-refractivity contribution is 7.80. The van der Waals surface area contributed by atoms with E-state index in [-0.39, 0.29) is 11.3 Å². The maximum atomic E-state index is 11.7. The molecule has 1 amide bonds. The SMILES string of the molecule is Cc1ncc(CNC(=O)CC2(CS)CC2)s1. The fourth-order valence-electron chi connectivity index (χ4n) is 1.64. The van der Waals surface area contributed by atoms with Gasteiger partial charge in [0.05, 0.1) is 11.6 Å². The van der Waals surface area contributed by atoms with E-state index in [0.29, 0.717) is 13.0 Å². The molecule has 2 rings (SSSR count). The van der Waals surface area contributed by atoms with E-state index < -0.39 is 0 Å². The summed E-state index contributed by atoms with van der Waals surface area (Å²) in [5.41, 5.74) is 0.205. The standard InChI is InChI=1S/C11H16N2OS2/c1-8-12-5-9(16-8)6-13-10(14)4-11(7-15)2-3-11/h5,15H,2-4,6-7H2,1H3,(H,13,14). The summed E-state index contributed by atoms with van der Waals surface area (Å²) in [7, 11) is 0. The van der Waals surface area contributed by atoms with Crippen LogP contribution in [-0.4, -0.2) is 16.6 Å². The lowest BCUT2D eigenvalue weighted by Crippen LogP contribution is -2.25. The number of carbonyl (C=O) groups excluding carboxylic acids is 1. The highest BCUT2D eigenvalue weighted by Crippen LogP contribution is 2.49. The lowest BCUT2D eigenvalue weighted by Gasteiger charge is -2.10. The highest BCUT2D eigenvalue weighted by Gasteiger charge is 2.42. The van der Waals surface area contributed by atoms with Crippen LogP contribution in [0.4, 0.5) is 0 Å². The lowest BCUT2D eigenvalue weighted by atomic mass is 10.1. The van der Waals surface area contributed by atoms with Crippen LogP contribution in [0.1, 0.15) is 29.1 Å². The van der Waals surface area contributed by atoms with Gasteiger partial charge in [-0.05, 0) is 30.9 Å². The first-order valence-corrected chi connectivity index (χ1v) is 6.87. The number of hydrogen-bond acceptors (Lipinski definition) is 4. The van der Waals surface area contributed by atoms with Crippen LogP contribution in [0.3, 0.4) is 0 Å². The molecule has 1 fully saturated rings. The van der Waals surface area contributed by atoms with Crippen LogP contribution in [0.15, 0.2) is 6.20 Å². The van der Waals surface area contributed by atoms with Crippen LogP contribution < -0.4 is 5.32 Å². The molecule has 0 aromatic carbocycles. The lowest BCUT2D eigenvalue weighted by molar-refractivity contribution is -0.122. The summed E-state index contributed by atoms with van der Waals surface area (Å²) >= 11 is 5.92. The van der Waals surface area contributed by atoms with E-state index >= 15 is 0 Å². The number of thiol groups is 1. The summed E-state index contributed by atoms with van der Waals surface area (Å²) in [4.78, 5) is 16.9. The van der Waals surface area contributed by atoms with Crippen LogP contribution >= 0.6 is 24.0 Å². The minimum atomic E-state index is 0.137. The van der Waals surface area contributed by atoms with Crippen molar-refractivity contribution < 1.29 is 4.79 Å². The summed E-state index contributed by atoms with van der Waals surface area (Å²) in [5.74, 6) is 0.956. The van der Waals surface area contributed by atoms with Crippen molar-refractivity contribution in [2.75, 3.05) is 5.75 Å². The largest absolute Gasteiger partial charge is 0.351 e. The van der Waals surface area contributed by atoms with Crippen molar-refractivity contribution in [1.82, 2.24) is 10.3 Å². The fourth-order valence-corrected chi connectivity index (χ4v) is 2.81. The molecular weight excluding hydrogens is 240 g/mol. The van der Waals surface area contributed by atoms with Crippen molar-refractivity contribution in [2.24, 2.45) is 5.41 Å². The number of thiazole rings is 1. The Balaban J connectivity index is 1.76. The molecule has 0 radical (unpaired) electrons. The molecule has 16 heavy (non-hydrogen) atoms. The molecule has 88 valence electrons. The number of nitrogens with zero attached hydrogens (tertiary/aromatic N) is 1. The van der Waals surface area contributed by atoms with Gasteiger partial charge in [-0.25, -0.2) is 4.98 Å². The Labute approximate surface area is 105 Å². The number of nitrogens with one attached hydrogen (secondary N) is 1. The quantitative estimate of drug-likeness (QED) is 0.793. The third-order valence-electron chi connectivity index (χ3n) is 2.96. The predicted octanol–water partition coefficient (Wildman–Crippen LogP) is 2.17. The van der Waals surface area contributed by atoms with Gasteiger partial charge in [0, 0.05) is 17.5 Å². The summed E-state index contributed by atoms with van der Waals surface area (Å²) < 4.78 is 0.